The van der Waals surface area contributed by atoms with Crippen LogP contribution in [0.1, 0.15) is 19.3 Å². The zero-order chi connectivity index (χ0) is 8.02. The molecule has 1 aliphatic heterocycles. The molecule has 0 aromatic carbocycles. The third-order valence-corrected chi connectivity index (χ3v) is 2.91. The highest BCUT2D eigenvalue weighted by Crippen LogP contribution is 2.53. The van der Waals surface area contributed by atoms with E-state index < -0.39 is 0 Å². The van der Waals surface area contributed by atoms with E-state index in [2.05, 4.69) is 28.7 Å². The van der Waals surface area contributed by atoms with Crippen molar-refractivity contribution < 1.29 is 0 Å². The molecule has 1 N–H and O–H groups in total. The van der Waals surface area contributed by atoms with E-state index in [4.69, 9.17) is 0 Å². The van der Waals surface area contributed by atoms with Crippen LogP contribution in [0.15, 0.2) is 28.4 Å². The van der Waals surface area contributed by atoms with Crippen LogP contribution >= 0.6 is 0 Å². The van der Waals surface area contributed by atoms with Gasteiger partial charge in [0.2, 0.25) is 0 Å². The Kier molecular flexibility index (Phi) is 1.08. The fourth-order valence-electron chi connectivity index (χ4n) is 1.90. The maximum absolute atomic E-state index is 4.10. The minimum Gasteiger partial charge on any atom is -0.366 e. The van der Waals surface area contributed by atoms with Crippen molar-refractivity contribution in [3.63, 3.8) is 0 Å². The summed E-state index contributed by atoms with van der Waals surface area (Å²) in [6.07, 6.45) is 11.5. The third kappa shape index (κ3) is 0.840. The van der Waals surface area contributed by atoms with E-state index in [9.17, 15) is 0 Å². The summed E-state index contributed by atoms with van der Waals surface area (Å²) in [4.78, 5) is 4.10. The lowest BCUT2D eigenvalue weighted by Crippen LogP contribution is -2.22. The van der Waals surface area contributed by atoms with E-state index in [0.717, 1.165) is 6.42 Å². The quantitative estimate of drug-likeness (QED) is 0.569. The molecule has 2 heteroatoms. The Bertz CT molecular complexity index is 306. The zero-order valence-corrected chi connectivity index (χ0v) is 6.93. The van der Waals surface area contributed by atoms with Gasteiger partial charge in [0, 0.05) is 11.3 Å². The van der Waals surface area contributed by atoms with Crippen LogP contribution in [0, 0.1) is 5.41 Å². The van der Waals surface area contributed by atoms with Gasteiger partial charge in [-0.2, -0.15) is 0 Å². The second kappa shape index (κ2) is 2.00. The van der Waals surface area contributed by atoms with Crippen LogP contribution < -0.4 is 5.32 Å². The molecule has 0 unspecified atom stereocenters. The van der Waals surface area contributed by atoms with E-state index in [-0.39, 0.29) is 0 Å². The Hall–Kier alpha value is -1.05. The smallest absolute Gasteiger partial charge is 0.108 e. The zero-order valence-electron chi connectivity index (χ0n) is 6.93. The lowest BCUT2D eigenvalue weighted by atomic mass is 9.90. The number of nitrogens with one attached hydrogen (secondary N) is 1. The number of hydrogen-bond donors (Lipinski definition) is 1. The molecular weight excluding hydrogens is 148 g/mol. The Labute approximate surface area is 72.1 Å². The van der Waals surface area contributed by atoms with Crippen molar-refractivity contribution in [2.24, 2.45) is 10.4 Å². The molecule has 3 aliphatic rings. The molecule has 12 heavy (non-hydrogen) atoms. The van der Waals surface area contributed by atoms with Crippen LogP contribution in [-0.4, -0.2) is 12.9 Å². The third-order valence-electron chi connectivity index (χ3n) is 2.91. The fourth-order valence-corrected chi connectivity index (χ4v) is 1.90. The molecule has 2 aliphatic carbocycles. The molecule has 0 amide bonds. The van der Waals surface area contributed by atoms with Gasteiger partial charge in [0.15, 0.2) is 0 Å². The van der Waals surface area contributed by atoms with Crippen molar-refractivity contribution in [2.45, 2.75) is 19.3 Å². The predicted molar refractivity (Wildman–Crippen MR) is 47.9 cm³/mol. The molecule has 1 radical (unpaired) electrons. The lowest BCUT2D eigenvalue weighted by Gasteiger charge is -2.22. The largest absolute Gasteiger partial charge is 0.366 e. The average molecular weight is 159 g/mol. The van der Waals surface area contributed by atoms with Crippen LogP contribution in [0.25, 0.3) is 0 Å². The van der Waals surface area contributed by atoms with E-state index in [1.165, 1.54) is 24.1 Å². The first-order valence-electron chi connectivity index (χ1n) is 4.47. The van der Waals surface area contributed by atoms with Crippen LogP contribution in [0.2, 0.25) is 0 Å². The average Bonchev–Trinajstić information content (AvgIpc) is 2.85. The summed E-state index contributed by atoms with van der Waals surface area (Å²) >= 11 is 0. The number of hydrogen-bond acceptors (Lipinski definition) is 2. The van der Waals surface area contributed by atoms with Gasteiger partial charge in [0.05, 0.1) is 6.21 Å². The van der Waals surface area contributed by atoms with Crippen LogP contribution in [0.3, 0.4) is 0 Å². The van der Waals surface area contributed by atoms with Gasteiger partial charge in [0.1, 0.15) is 6.67 Å². The Morgan fingerprint density at radius 1 is 1.50 bits per heavy atom. The van der Waals surface area contributed by atoms with Gasteiger partial charge in [-0.1, -0.05) is 6.08 Å². The van der Waals surface area contributed by atoms with E-state index >= 15 is 0 Å². The molecule has 0 saturated heterocycles. The minimum absolute atomic E-state index is 0.514. The summed E-state index contributed by atoms with van der Waals surface area (Å²) in [5.74, 6) is 0. The van der Waals surface area contributed by atoms with E-state index in [1.54, 1.807) is 0 Å². The highest BCUT2D eigenvalue weighted by atomic mass is 15.0. The van der Waals surface area contributed by atoms with Crippen molar-refractivity contribution in [1.29, 1.82) is 0 Å². The Balaban J connectivity index is 1.96. The Morgan fingerprint density at radius 3 is 3.25 bits per heavy atom. The molecule has 1 saturated carbocycles. The standard InChI is InChI=1S/C10H11N2/c1-2-10(3-4-10)5-8-6-11-7-12-9(1)8/h1-2,12H,3-5,7H2. The summed E-state index contributed by atoms with van der Waals surface area (Å²) in [6, 6.07) is 0. The molecule has 0 atom stereocenters. The SMILES string of the molecule is [C]1=NCNC2=C1CC1(C=C2)CC1. The van der Waals surface area contributed by atoms with Crippen molar-refractivity contribution in [3.05, 3.63) is 23.4 Å². The molecule has 61 valence electrons. The number of nitrogens with zero attached hydrogens (tertiary/aromatic N) is 1. The first-order valence-corrected chi connectivity index (χ1v) is 4.47. The maximum Gasteiger partial charge on any atom is 0.108 e. The highest BCUT2D eigenvalue weighted by molar-refractivity contribution is 5.82. The van der Waals surface area contributed by atoms with Gasteiger partial charge in [-0.25, -0.2) is 0 Å². The molecule has 1 heterocycles. The normalized spacial score (nSPS) is 28.7. The Morgan fingerprint density at radius 2 is 2.42 bits per heavy atom. The van der Waals surface area contributed by atoms with Gasteiger partial charge in [-0.15, -0.1) is 0 Å². The van der Waals surface area contributed by atoms with E-state index in [1.807, 2.05) is 0 Å². The molecule has 2 nitrogen and oxygen atoms in total. The fraction of sp³-hybridized carbons (Fsp3) is 0.500. The van der Waals surface area contributed by atoms with Gasteiger partial charge in [-0.05, 0) is 30.8 Å². The van der Waals surface area contributed by atoms with Gasteiger partial charge >= 0.3 is 0 Å². The molecule has 3 rings (SSSR count). The molecule has 0 aromatic rings. The number of rotatable bonds is 0. The molecule has 1 fully saturated rings. The first-order chi connectivity index (χ1) is 5.88. The topological polar surface area (TPSA) is 24.4 Å². The van der Waals surface area contributed by atoms with Crippen molar-refractivity contribution in [1.82, 2.24) is 5.32 Å². The summed E-state index contributed by atoms with van der Waals surface area (Å²) in [6.45, 7) is 0.691. The van der Waals surface area contributed by atoms with E-state index in [0.29, 0.717) is 12.1 Å². The highest BCUT2D eigenvalue weighted by Gasteiger charge is 2.42. The summed E-state index contributed by atoms with van der Waals surface area (Å²) in [5, 5.41) is 3.25. The molecule has 0 bridgehead atoms. The second-order valence-corrected chi connectivity index (χ2v) is 3.87. The monoisotopic (exact) mass is 159 g/mol. The van der Waals surface area contributed by atoms with Gasteiger partial charge in [0.25, 0.3) is 0 Å². The van der Waals surface area contributed by atoms with Gasteiger partial charge in [-0.3, -0.25) is 4.99 Å². The van der Waals surface area contributed by atoms with Crippen LogP contribution in [0.4, 0.5) is 0 Å². The lowest BCUT2D eigenvalue weighted by molar-refractivity contribution is 0.628. The molecule has 1 spiro atoms. The summed E-state index contributed by atoms with van der Waals surface area (Å²) in [5.41, 5.74) is 3.03. The number of aliphatic imine (C=N–C) groups is 1. The van der Waals surface area contributed by atoms with Crippen molar-refractivity contribution in [3.8, 4) is 0 Å². The predicted octanol–water partition coefficient (Wildman–Crippen LogP) is 1.49. The van der Waals surface area contributed by atoms with Crippen molar-refractivity contribution in [2.75, 3.05) is 6.67 Å². The summed E-state index contributed by atoms with van der Waals surface area (Å²) in [7, 11) is 0. The summed E-state index contributed by atoms with van der Waals surface area (Å²) < 4.78 is 0. The maximum atomic E-state index is 4.10. The second-order valence-electron chi connectivity index (χ2n) is 3.87. The number of allylic oxidation sites excluding steroid dienone is 3. The van der Waals surface area contributed by atoms with Gasteiger partial charge < -0.3 is 5.32 Å². The van der Waals surface area contributed by atoms with Crippen LogP contribution in [0.5, 0.6) is 0 Å². The molecular formula is C10H11N2. The molecule has 0 aromatic heterocycles. The van der Waals surface area contributed by atoms with Crippen LogP contribution in [-0.2, 0) is 0 Å². The van der Waals surface area contributed by atoms with Crippen molar-refractivity contribution >= 4 is 6.21 Å². The first kappa shape index (κ1) is 6.46. The minimum atomic E-state index is 0.514.